The van der Waals surface area contributed by atoms with Gasteiger partial charge in [0.25, 0.3) is 0 Å². The standard InChI is InChI=1S/C8H10N2OS3/c1-5(11)4-12-7-9-10-3-6(2)13-8(10)14-7/h3,8H,4H2,1-2H3/q+1. The zero-order valence-corrected chi connectivity index (χ0v) is 10.3. The van der Waals surface area contributed by atoms with Crippen molar-refractivity contribution in [3.05, 3.63) is 11.1 Å². The van der Waals surface area contributed by atoms with Crippen LogP contribution in [0.1, 0.15) is 13.8 Å². The van der Waals surface area contributed by atoms with E-state index in [9.17, 15) is 4.79 Å². The number of ketones is 1. The highest BCUT2D eigenvalue weighted by Gasteiger charge is 2.42. The maximum atomic E-state index is 10.8. The minimum Gasteiger partial charge on any atom is -0.299 e. The van der Waals surface area contributed by atoms with Crippen molar-refractivity contribution in [3.8, 4) is 0 Å². The van der Waals surface area contributed by atoms with Crippen LogP contribution in [-0.2, 0) is 4.79 Å². The molecule has 0 bridgehead atoms. The van der Waals surface area contributed by atoms with Gasteiger partial charge in [0.15, 0.2) is 5.10 Å². The summed E-state index contributed by atoms with van der Waals surface area (Å²) in [4.78, 5) is 12.1. The molecule has 75 valence electrons. The molecule has 1 unspecified atom stereocenters. The second-order valence-electron chi connectivity index (χ2n) is 3.02. The average Bonchev–Trinajstić information content (AvgIpc) is 2.57. The van der Waals surface area contributed by atoms with E-state index in [4.69, 9.17) is 0 Å². The third-order valence-corrected chi connectivity index (χ3v) is 5.31. The third kappa shape index (κ3) is 2.29. The van der Waals surface area contributed by atoms with Gasteiger partial charge in [0.05, 0.1) is 12.0 Å². The highest BCUT2D eigenvalue weighted by molar-refractivity contribution is 8.42. The largest absolute Gasteiger partial charge is 0.381 e. The molecule has 2 rings (SSSR count). The van der Waals surface area contributed by atoms with Crippen LogP contribution in [0.4, 0.5) is 0 Å². The minimum atomic E-state index is 0.199. The monoisotopic (exact) mass is 246 g/mol. The zero-order chi connectivity index (χ0) is 10.1. The summed E-state index contributed by atoms with van der Waals surface area (Å²) in [7, 11) is 0. The molecule has 0 saturated heterocycles. The van der Waals surface area contributed by atoms with Crippen molar-refractivity contribution in [1.29, 1.82) is 0 Å². The summed E-state index contributed by atoms with van der Waals surface area (Å²) < 4.78 is 1.37. The van der Waals surface area contributed by atoms with Crippen LogP contribution in [-0.4, -0.2) is 25.6 Å². The first-order valence-electron chi connectivity index (χ1n) is 4.16. The summed E-state index contributed by atoms with van der Waals surface area (Å²) in [6.07, 6.45) is 2.05. The van der Waals surface area contributed by atoms with Crippen LogP contribution in [0.5, 0.6) is 0 Å². The Morgan fingerprint density at radius 2 is 2.50 bits per heavy atom. The molecular formula is C8H10N2OS3+. The number of carbonyl (C=O) groups is 1. The van der Waals surface area contributed by atoms with Gasteiger partial charge in [-0.05, 0) is 25.6 Å². The number of nitrogens with zero attached hydrogens (tertiary/aromatic N) is 2. The molecule has 1 radical (unpaired) electrons. The van der Waals surface area contributed by atoms with Gasteiger partial charge in [0, 0.05) is 16.7 Å². The molecule has 0 aromatic rings. The van der Waals surface area contributed by atoms with E-state index in [1.54, 1.807) is 18.7 Å². The van der Waals surface area contributed by atoms with Crippen LogP contribution < -0.4 is 5.10 Å². The molecule has 2 aliphatic heterocycles. The molecule has 0 aliphatic carbocycles. The van der Waals surface area contributed by atoms with Crippen LogP contribution in [0.25, 0.3) is 0 Å². The van der Waals surface area contributed by atoms with E-state index >= 15 is 0 Å². The van der Waals surface area contributed by atoms with E-state index in [-0.39, 0.29) is 5.78 Å². The lowest BCUT2D eigenvalue weighted by atomic mass is 10.5. The molecule has 3 nitrogen and oxygen atoms in total. The molecule has 0 N–H and O–H groups in total. The first-order chi connectivity index (χ1) is 6.65. The lowest BCUT2D eigenvalue weighted by Crippen LogP contribution is -2.17. The number of thioether (sulfide) groups is 3. The number of hydrogen-bond donors (Lipinski definition) is 0. The quantitative estimate of drug-likeness (QED) is 0.743. The minimum absolute atomic E-state index is 0.199. The van der Waals surface area contributed by atoms with Crippen LogP contribution >= 0.6 is 35.3 Å². The number of hydrazone groups is 1. The number of rotatable bonds is 2. The van der Waals surface area contributed by atoms with E-state index < -0.39 is 0 Å². The summed E-state index contributed by atoms with van der Waals surface area (Å²) in [6, 6.07) is 0. The van der Waals surface area contributed by atoms with Crippen molar-refractivity contribution in [2.24, 2.45) is 0 Å². The van der Waals surface area contributed by atoms with Gasteiger partial charge in [0.2, 0.25) is 4.71 Å². The van der Waals surface area contributed by atoms with Crippen LogP contribution in [0.2, 0.25) is 0 Å². The molecule has 0 saturated carbocycles. The van der Waals surface area contributed by atoms with Gasteiger partial charge in [0.1, 0.15) is 5.78 Å². The molecular weight excluding hydrogens is 236 g/mol. The molecule has 0 spiro atoms. The Labute approximate surface area is 95.7 Å². The van der Waals surface area contributed by atoms with Crippen molar-refractivity contribution in [2.45, 2.75) is 18.6 Å². The Kier molecular flexibility index (Phi) is 3.14. The summed E-state index contributed by atoms with van der Waals surface area (Å²) in [5.74, 6) is 0.726. The number of allylic oxidation sites excluding steroid dienone is 1. The molecule has 6 heteroatoms. The van der Waals surface area contributed by atoms with E-state index in [1.165, 1.54) is 16.7 Å². The van der Waals surface area contributed by atoms with Crippen LogP contribution in [0.3, 0.4) is 0 Å². The number of carbonyl (C=O) groups excluding carboxylic acids is 1. The summed E-state index contributed by atoms with van der Waals surface area (Å²) in [6.45, 7) is 3.69. The Morgan fingerprint density at radius 1 is 1.71 bits per heavy atom. The molecule has 1 atom stereocenters. The predicted molar refractivity (Wildman–Crippen MR) is 64.8 cm³/mol. The van der Waals surface area contributed by atoms with Crippen LogP contribution in [0, 0.1) is 0 Å². The van der Waals surface area contributed by atoms with E-state index in [2.05, 4.69) is 12.0 Å². The summed E-state index contributed by atoms with van der Waals surface area (Å²) in [5, 5.41) is 6.36. The average molecular weight is 246 g/mol. The van der Waals surface area contributed by atoms with Crippen molar-refractivity contribution in [2.75, 3.05) is 5.75 Å². The van der Waals surface area contributed by atoms with Gasteiger partial charge < -0.3 is 0 Å². The van der Waals surface area contributed by atoms with Gasteiger partial charge in [-0.1, -0.05) is 16.8 Å². The van der Waals surface area contributed by atoms with Crippen molar-refractivity contribution < 1.29 is 4.79 Å². The summed E-state index contributed by atoms with van der Waals surface area (Å²) in [5.41, 5.74) is 0. The second-order valence-corrected chi connectivity index (χ2v) is 6.94. The third-order valence-electron chi connectivity index (χ3n) is 1.61. The van der Waals surface area contributed by atoms with Gasteiger partial charge in [-0.2, -0.15) is 0 Å². The molecule has 14 heavy (non-hydrogen) atoms. The fourth-order valence-electron chi connectivity index (χ4n) is 1.07. The molecule has 0 aromatic carbocycles. The van der Waals surface area contributed by atoms with Crippen LogP contribution in [0.15, 0.2) is 11.1 Å². The lowest BCUT2D eigenvalue weighted by molar-refractivity contribution is -0.114. The van der Waals surface area contributed by atoms with Gasteiger partial charge in [-0.25, -0.2) is 0 Å². The Bertz CT molecular complexity index is 327. The SMILES string of the molecule is CC(=O)CSC1=[N+]N2C=C(C)SC2S1. The Hall–Kier alpha value is -0.0700. The van der Waals surface area contributed by atoms with Gasteiger partial charge >= 0.3 is 4.38 Å². The molecule has 0 fully saturated rings. The Balaban J connectivity index is 1.92. The predicted octanol–water partition coefficient (Wildman–Crippen LogP) is 1.86. The number of fused-ring (bicyclic) bond motifs is 1. The van der Waals surface area contributed by atoms with Crippen molar-refractivity contribution in [1.82, 2.24) is 10.1 Å². The first kappa shape index (κ1) is 10.4. The first-order valence-corrected chi connectivity index (χ1v) is 6.90. The van der Waals surface area contributed by atoms with E-state index in [1.807, 2.05) is 23.0 Å². The Morgan fingerprint density at radius 3 is 3.14 bits per heavy atom. The van der Waals surface area contributed by atoms with Gasteiger partial charge in [-0.15, -0.1) is 0 Å². The molecule has 2 aliphatic rings. The highest BCUT2D eigenvalue weighted by Crippen LogP contribution is 2.42. The van der Waals surface area contributed by atoms with Crippen molar-refractivity contribution in [3.63, 3.8) is 0 Å². The fraction of sp³-hybridized carbons (Fsp3) is 0.500. The molecule has 2 heterocycles. The second kappa shape index (κ2) is 4.20. The smallest absolute Gasteiger partial charge is 0.299 e. The number of hydrogen-bond acceptors (Lipinski definition) is 6. The normalized spacial score (nSPS) is 24.7. The molecule has 0 aromatic heterocycles. The lowest BCUT2D eigenvalue weighted by Gasteiger charge is -1.98. The van der Waals surface area contributed by atoms with Gasteiger partial charge in [-0.3, -0.25) is 4.79 Å². The summed E-state index contributed by atoms with van der Waals surface area (Å²) >= 11 is 5.07. The van der Waals surface area contributed by atoms with E-state index in [0.29, 0.717) is 10.5 Å². The maximum absolute atomic E-state index is 10.8. The van der Waals surface area contributed by atoms with Crippen molar-refractivity contribution >= 4 is 45.4 Å². The number of Topliss-reactive ketones (excluding diaryl/α,β-unsaturated/α-hetero) is 1. The topological polar surface area (TPSA) is 34.4 Å². The fourth-order valence-corrected chi connectivity index (χ4v) is 4.61. The maximum Gasteiger partial charge on any atom is 0.381 e. The van der Waals surface area contributed by atoms with E-state index in [0.717, 1.165) is 4.38 Å². The highest BCUT2D eigenvalue weighted by atomic mass is 32.2. The molecule has 0 amide bonds. The zero-order valence-electron chi connectivity index (χ0n) is 7.89.